The third-order valence-electron chi connectivity index (χ3n) is 5.46. The lowest BCUT2D eigenvalue weighted by molar-refractivity contribution is 0.244. The van der Waals surface area contributed by atoms with Crippen LogP contribution in [0.5, 0.6) is 11.6 Å². The van der Waals surface area contributed by atoms with Gasteiger partial charge in [0.05, 0.1) is 5.69 Å². The molecule has 0 amide bonds. The van der Waals surface area contributed by atoms with E-state index in [9.17, 15) is 0 Å². The normalized spacial score (nSPS) is 11.1. The van der Waals surface area contributed by atoms with Crippen LogP contribution >= 0.6 is 0 Å². The van der Waals surface area contributed by atoms with Crippen LogP contribution in [0, 0.1) is 0 Å². The molecule has 5 rings (SSSR count). The second-order valence-electron chi connectivity index (χ2n) is 7.89. The lowest BCUT2D eigenvalue weighted by Gasteiger charge is -2.12. The van der Waals surface area contributed by atoms with Gasteiger partial charge in [0.25, 0.3) is 5.88 Å². The van der Waals surface area contributed by atoms with Crippen LogP contribution in [0.15, 0.2) is 109 Å². The van der Waals surface area contributed by atoms with Crippen molar-refractivity contribution >= 4 is 22.9 Å². The predicted molar refractivity (Wildman–Crippen MR) is 136 cm³/mol. The summed E-state index contributed by atoms with van der Waals surface area (Å²) in [6, 6.07) is 36.5. The van der Waals surface area contributed by atoms with Crippen LogP contribution in [-0.2, 0) is 13.2 Å². The zero-order valence-corrected chi connectivity index (χ0v) is 18.7. The molecule has 0 fully saturated rings. The summed E-state index contributed by atoms with van der Waals surface area (Å²) < 4.78 is 12.1. The Morgan fingerprint density at radius 1 is 0.588 bits per heavy atom. The van der Waals surface area contributed by atoms with Crippen molar-refractivity contribution in [2.75, 3.05) is 0 Å². The van der Waals surface area contributed by atoms with Gasteiger partial charge in [0, 0.05) is 6.07 Å². The number of rotatable bonds is 8. The Morgan fingerprint density at radius 3 is 2.00 bits per heavy atom. The molecule has 0 spiro atoms. The maximum atomic E-state index is 6.11. The highest BCUT2D eigenvalue weighted by Crippen LogP contribution is 2.27. The Bertz CT molecular complexity index is 1390. The van der Waals surface area contributed by atoms with Crippen molar-refractivity contribution in [2.45, 2.75) is 13.2 Å². The molecule has 0 aliphatic heterocycles. The lowest BCUT2D eigenvalue weighted by atomic mass is 10.0. The summed E-state index contributed by atoms with van der Waals surface area (Å²) in [7, 11) is 0. The van der Waals surface area contributed by atoms with Crippen LogP contribution in [0.4, 0.5) is 0 Å². The number of benzene rings is 4. The minimum absolute atomic E-state index is 0.377. The van der Waals surface area contributed by atoms with Crippen molar-refractivity contribution in [3.05, 3.63) is 132 Å². The number of hydrogen-bond donors (Lipinski definition) is 0. The topological polar surface area (TPSA) is 44.2 Å². The fourth-order valence-corrected chi connectivity index (χ4v) is 3.69. The van der Waals surface area contributed by atoms with Crippen LogP contribution < -0.4 is 9.47 Å². The van der Waals surface area contributed by atoms with Crippen LogP contribution in [0.25, 0.3) is 22.9 Å². The van der Waals surface area contributed by atoms with Gasteiger partial charge < -0.3 is 9.47 Å². The molecule has 0 unspecified atom stereocenters. The standard InChI is InChI=1S/C30H24N2O2/c1-3-10-23(11-4-1)21-33-29-20-27(31-32-30(29)34-22-24-12-5-2-6-13-24)19-18-26-16-9-15-25-14-7-8-17-28(25)26/h1-20H,21-22H2/b19-18+. The maximum Gasteiger partial charge on any atom is 0.276 e. The second-order valence-corrected chi connectivity index (χ2v) is 7.89. The van der Waals surface area contributed by atoms with Crippen molar-refractivity contribution < 1.29 is 9.47 Å². The van der Waals surface area contributed by atoms with Gasteiger partial charge in [-0.15, -0.1) is 10.2 Å². The van der Waals surface area contributed by atoms with Crippen molar-refractivity contribution in [3.8, 4) is 11.6 Å². The molecule has 0 N–H and O–H groups in total. The molecule has 0 saturated carbocycles. The van der Waals surface area contributed by atoms with Crippen molar-refractivity contribution in [1.82, 2.24) is 10.2 Å². The minimum atomic E-state index is 0.377. The summed E-state index contributed by atoms with van der Waals surface area (Å²) in [5.41, 5.74) is 3.94. The number of nitrogens with zero attached hydrogens (tertiary/aromatic N) is 2. The SMILES string of the molecule is C(=C\c1cccc2ccccc12)/c1cc(OCc2ccccc2)c(OCc2ccccc2)nn1. The van der Waals surface area contributed by atoms with Gasteiger partial charge in [0.2, 0.25) is 0 Å². The Labute approximate surface area is 199 Å². The van der Waals surface area contributed by atoms with E-state index in [0.29, 0.717) is 30.5 Å². The first-order valence-electron chi connectivity index (χ1n) is 11.2. The summed E-state index contributed by atoms with van der Waals surface area (Å²) in [6.45, 7) is 0.809. The monoisotopic (exact) mass is 444 g/mol. The molecule has 1 heterocycles. The third kappa shape index (κ3) is 5.30. The van der Waals surface area contributed by atoms with E-state index in [4.69, 9.17) is 9.47 Å². The van der Waals surface area contributed by atoms with E-state index in [2.05, 4.69) is 46.6 Å². The van der Waals surface area contributed by atoms with E-state index in [-0.39, 0.29) is 0 Å². The molecule has 0 aliphatic carbocycles. The minimum Gasteiger partial charge on any atom is -0.483 e. The Balaban J connectivity index is 1.40. The fourth-order valence-electron chi connectivity index (χ4n) is 3.69. The third-order valence-corrected chi connectivity index (χ3v) is 5.46. The number of ether oxygens (including phenoxy) is 2. The summed E-state index contributed by atoms with van der Waals surface area (Å²) in [4.78, 5) is 0. The number of fused-ring (bicyclic) bond motifs is 1. The van der Waals surface area contributed by atoms with Gasteiger partial charge in [-0.3, -0.25) is 0 Å². The van der Waals surface area contributed by atoms with Crippen molar-refractivity contribution in [1.29, 1.82) is 0 Å². The molecule has 0 aliphatic rings. The summed E-state index contributed by atoms with van der Waals surface area (Å²) in [6.07, 6.45) is 4.00. The number of aromatic nitrogens is 2. The molecular formula is C30H24N2O2. The molecule has 5 aromatic rings. The van der Waals surface area contributed by atoms with Gasteiger partial charge >= 0.3 is 0 Å². The van der Waals surface area contributed by atoms with Crippen molar-refractivity contribution in [2.24, 2.45) is 0 Å². The molecule has 1 aromatic heterocycles. The molecule has 0 bridgehead atoms. The zero-order valence-electron chi connectivity index (χ0n) is 18.7. The number of hydrogen-bond acceptors (Lipinski definition) is 4. The summed E-state index contributed by atoms with van der Waals surface area (Å²) in [5.74, 6) is 0.939. The fraction of sp³-hybridized carbons (Fsp3) is 0.0667. The molecule has 4 aromatic carbocycles. The second kappa shape index (κ2) is 10.5. The first-order chi connectivity index (χ1) is 16.8. The highest BCUT2D eigenvalue weighted by molar-refractivity contribution is 5.92. The quantitative estimate of drug-likeness (QED) is 0.260. The summed E-state index contributed by atoms with van der Waals surface area (Å²) >= 11 is 0. The Kier molecular flexibility index (Phi) is 6.58. The van der Waals surface area contributed by atoms with E-state index in [1.165, 1.54) is 10.8 Å². The van der Waals surface area contributed by atoms with E-state index < -0.39 is 0 Å². The molecule has 0 saturated heterocycles. The van der Waals surface area contributed by atoms with E-state index in [0.717, 1.165) is 16.7 Å². The van der Waals surface area contributed by atoms with Crippen LogP contribution in [-0.4, -0.2) is 10.2 Å². The Morgan fingerprint density at radius 2 is 1.24 bits per heavy atom. The van der Waals surface area contributed by atoms with E-state index in [1.54, 1.807) is 0 Å². The smallest absolute Gasteiger partial charge is 0.276 e. The maximum absolute atomic E-state index is 6.11. The van der Waals surface area contributed by atoms with Gasteiger partial charge in [-0.25, -0.2) is 0 Å². The largest absolute Gasteiger partial charge is 0.483 e. The van der Waals surface area contributed by atoms with Crippen LogP contribution in [0.3, 0.4) is 0 Å². The van der Waals surface area contributed by atoms with Crippen LogP contribution in [0.2, 0.25) is 0 Å². The average Bonchev–Trinajstić information content (AvgIpc) is 2.91. The molecule has 0 radical (unpaired) electrons. The molecule has 0 atom stereocenters. The molecular weight excluding hydrogens is 420 g/mol. The average molecular weight is 445 g/mol. The molecule has 4 heteroatoms. The van der Waals surface area contributed by atoms with Gasteiger partial charge in [-0.05, 0) is 33.5 Å². The van der Waals surface area contributed by atoms with E-state index in [1.807, 2.05) is 84.9 Å². The summed E-state index contributed by atoms with van der Waals surface area (Å²) in [5, 5.41) is 11.1. The highest BCUT2D eigenvalue weighted by Gasteiger charge is 2.11. The first kappa shape index (κ1) is 21.4. The molecule has 4 nitrogen and oxygen atoms in total. The van der Waals surface area contributed by atoms with Crippen LogP contribution in [0.1, 0.15) is 22.4 Å². The highest BCUT2D eigenvalue weighted by atomic mass is 16.5. The molecule has 34 heavy (non-hydrogen) atoms. The van der Waals surface area contributed by atoms with Crippen molar-refractivity contribution in [3.63, 3.8) is 0 Å². The first-order valence-corrected chi connectivity index (χ1v) is 11.2. The van der Waals surface area contributed by atoms with Gasteiger partial charge in [0.1, 0.15) is 13.2 Å². The van der Waals surface area contributed by atoms with Gasteiger partial charge in [-0.1, -0.05) is 109 Å². The van der Waals surface area contributed by atoms with Gasteiger partial charge in [0.15, 0.2) is 5.75 Å². The Hall–Kier alpha value is -4.44. The zero-order chi connectivity index (χ0) is 23.0. The molecule has 166 valence electrons. The van der Waals surface area contributed by atoms with Gasteiger partial charge in [-0.2, -0.15) is 0 Å². The predicted octanol–water partition coefficient (Wildman–Crippen LogP) is 6.96. The lowest BCUT2D eigenvalue weighted by Crippen LogP contribution is -2.04. The van der Waals surface area contributed by atoms with E-state index >= 15 is 0 Å².